The van der Waals surface area contributed by atoms with Gasteiger partial charge in [-0.2, -0.15) is 0 Å². The van der Waals surface area contributed by atoms with E-state index in [2.05, 4.69) is 5.32 Å². The fourth-order valence-electron chi connectivity index (χ4n) is 2.51. The Balaban J connectivity index is 1.64. The van der Waals surface area contributed by atoms with E-state index in [-0.39, 0.29) is 17.4 Å². The van der Waals surface area contributed by atoms with E-state index in [0.717, 1.165) is 17.8 Å². The van der Waals surface area contributed by atoms with E-state index in [1.54, 1.807) is 23.5 Å². The Morgan fingerprint density at radius 3 is 2.13 bits per heavy atom. The lowest BCUT2D eigenvalue weighted by Crippen LogP contribution is -2.17. The van der Waals surface area contributed by atoms with Gasteiger partial charge < -0.3 is 10.6 Å². The fraction of sp³-hybridized carbons (Fsp3) is 0.0476. The van der Waals surface area contributed by atoms with Gasteiger partial charge in [0.25, 0.3) is 5.91 Å². The van der Waals surface area contributed by atoms with E-state index in [4.69, 9.17) is 0 Å². The second-order valence-electron chi connectivity index (χ2n) is 6.14. The minimum atomic E-state index is -1.71. The molecule has 4 nitrogen and oxygen atoms in total. The number of halogens is 5. The first-order valence-electron chi connectivity index (χ1n) is 8.68. The topological polar surface area (TPSA) is 58.2 Å². The van der Waals surface area contributed by atoms with E-state index in [1.165, 1.54) is 24.3 Å². The van der Waals surface area contributed by atoms with Gasteiger partial charge in [0, 0.05) is 16.6 Å². The molecule has 0 radical (unpaired) electrons. The van der Waals surface area contributed by atoms with E-state index in [0.29, 0.717) is 10.6 Å². The summed E-state index contributed by atoms with van der Waals surface area (Å²) >= 11 is 0.938. The highest BCUT2D eigenvalue weighted by atomic mass is 32.2. The van der Waals surface area contributed by atoms with Gasteiger partial charge in [-0.1, -0.05) is 18.2 Å². The van der Waals surface area contributed by atoms with Crippen LogP contribution in [0.5, 0.6) is 0 Å². The first kappa shape index (κ1) is 22.3. The summed E-state index contributed by atoms with van der Waals surface area (Å²) in [5, 5.41) is 4.32. The van der Waals surface area contributed by atoms with Crippen LogP contribution < -0.4 is 10.6 Å². The van der Waals surface area contributed by atoms with Crippen LogP contribution in [-0.2, 0) is 4.79 Å². The van der Waals surface area contributed by atoms with Gasteiger partial charge in [-0.25, -0.2) is 22.0 Å². The molecule has 3 aromatic carbocycles. The Bertz CT molecular complexity index is 1130. The highest BCUT2D eigenvalue weighted by Gasteiger charge is 2.21. The monoisotopic (exact) mass is 452 g/mol. The molecule has 0 heterocycles. The molecule has 0 aromatic heterocycles. The number of rotatable bonds is 6. The average molecular weight is 452 g/mol. The Labute approximate surface area is 177 Å². The molecule has 0 aliphatic rings. The summed E-state index contributed by atoms with van der Waals surface area (Å²) in [6.07, 6.45) is 0. The van der Waals surface area contributed by atoms with Crippen molar-refractivity contribution in [3.63, 3.8) is 0 Å². The van der Waals surface area contributed by atoms with Crippen LogP contribution in [0.1, 0.15) is 10.4 Å². The molecule has 0 saturated heterocycles. The second kappa shape index (κ2) is 9.61. The third-order valence-corrected chi connectivity index (χ3v) is 4.95. The molecule has 0 aliphatic carbocycles. The predicted octanol–water partition coefficient (Wildman–Crippen LogP) is 5.37. The number of anilines is 2. The number of nitrogens with one attached hydrogen (secondary N) is 2. The van der Waals surface area contributed by atoms with Crippen molar-refractivity contribution in [1.29, 1.82) is 0 Å². The molecule has 160 valence electrons. The minimum absolute atomic E-state index is 0.0379. The molecule has 3 rings (SSSR count). The van der Waals surface area contributed by atoms with Crippen LogP contribution in [0.2, 0.25) is 0 Å². The molecule has 0 unspecified atom stereocenters. The lowest BCUT2D eigenvalue weighted by Gasteiger charge is -2.10. The van der Waals surface area contributed by atoms with Crippen LogP contribution in [0.3, 0.4) is 0 Å². The van der Waals surface area contributed by atoms with Crippen molar-refractivity contribution in [2.45, 2.75) is 4.90 Å². The van der Waals surface area contributed by atoms with Gasteiger partial charge in [0.2, 0.25) is 5.91 Å². The summed E-state index contributed by atoms with van der Waals surface area (Å²) in [5.74, 6) is -9.31. The van der Waals surface area contributed by atoms with Gasteiger partial charge in [-0.3, -0.25) is 9.59 Å². The van der Waals surface area contributed by atoms with E-state index >= 15 is 0 Å². The molecule has 0 atom stereocenters. The summed E-state index contributed by atoms with van der Waals surface area (Å²) in [5.41, 5.74) is -1.04. The zero-order valence-electron chi connectivity index (χ0n) is 15.5. The summed E-state index contributed by atoms with van der Waals surface area (Å²) in [6.45, 7) is 0. The summed E-state index contributed by atoms with van der Waals surface area (Å²) in [4.78, 5) is 24.6. The minimum Gasteiger partial charge on any atom is -0.322 e. The van der Waals surface area contributed by atoms with E-state index in [1.807, 2.05) is 0 Å². The standard InChI is InChI=1S/C21H13F5N2O2S/c22-14-7-2-1-6-13(14)21(30)27-11-4-3-5-12(8-11)31-10-17(29)28-20-18(25)15(23)9-16(24)19(20)26/h1-9H,10H2,(H,27,30)(H,28,29). The van der Waals surface area contributed by atoms with Gasteiger partial charge in [0.1, 0.15) is 11.5 Å². The molecule has 10 heteroatoms. The van der Waals surface area contributed by atoms with Gasteiger partial charge >= 0.3 is 0 Å². The molecular formula is C21H13F5N2O2S. The van der Waals surface area contributed by atoms with Crippen molar-refractivity contribution in [3.05, 3.63) is 89.2 Å². The average Bonchev–Trinajstić information content (AvgIpc) is 2.74. The van der Waals surface area contributed by atoms with Crippen LogP contribution in [0.25, 0.3) is 0 Å². The first-order chi connectivity index (χ1) is 14.8. The van der Waals surface area contributed by atoms with Crippen molar-refractivity contribution in [2.24, 2.45) is 0 Å². The number of carbonyl (C=O) groups is 2. The number of hydrogen-bond donors (Lipinski definition) is 2. The molecule has 0 aliphatic heterocycles. The van der Waals surface area contributed by atoms with Gasteiger partial charge in [0.15, 0.2) is 23.3 Å². The quantitative estimate of drug-likeness (QED) is 0.301. The molecule has 3 aromatic rings. The summed E-state index contributed by atoms with van der Waals surface area (Å²) < 4.78 is 67.4. The zero-order valence-corrected chi connectivity index (χ0v) is 16.3. The number of amides is 2. The second-order valence-corrected chi connectivity index (χ2v) is 7.19. The van der Waals surface area contributed by atoms with E-state index in [9.17, 15) is 31.5 Å². The predicted molar refractivity (Wildman–Crippen MR) is 106 cm³/mol. The Kier molecular flexibility index (Phi) is 6.91. The lowest BCUT2D eigenvalue weighted by molar-refractivity contribution is -0.113. The molecular weight excluding hydrogens is 439 g/mol. The SMILES string of the molecule is O=C(CSc1cccc(NC(=O)c2ccccc2F)c1)Nc1c(F)c(F)cc(F)c1F. The molecule has 0 fully saturated rings. The summed E-state index contributed by atoms with van der Waals surface area (Å²) in [6, 6.07) is 11.7. The maximum absolute atomic E-state index is 13.7. The van der Waals surface area contributed by atoms with Crippen LogP contribution in [0, 0.1) is 29.1 Å². The zero-order chi connectivity index (χ0) is 22.5. The normalized spacial score (nSPS) is 10.6. The third kappa shape index (κ3) is 5.40. The van der Waals surface area contributed by atoms with Crippen molar-refractivity contribution < 1.29 is 31.5 Å². The Morgan fingerprint density at radius 2 is 1.45 bits per heavy atom. The van der Waals surface area contributed by atoms with Gasteiger partial charge in [0.05, 0.1) is 11.3 Å². The van der Waals surface area contributed by atoms with Crippen molar-refractivity contribution in [1.82, 2.24) is 0 Å². The first-order valence-corrected chi connectivity index (χ1v) is 9.66. The van der Waals surface area contributed by atoms with Crippen LogP contribution in [-0.4, -0.2) is 17.6 Å². The number of thioether (sulfide) groups is 1. The third-order valence-electron chi connectivity index (χ3n) is 3.96. The van der Waals surface area contributed by atoms with Crippen LogP contribution >= 0.6 is 11.8 Å². The maximum atomic E-state index is 13.7. The van der Waals surface area contributed by atoms with Crippen LogP contribution in [0.4, 0.5) is 33.3 Å². The Hall–Kier alpha value is -3.40. The molecule has 0 spiro atoms. The molecule has 0 bridgehead atoms. The lowest BCUT2D eigenvalue weighted by atomic mass is 10.2. The number of carbonyl (C=O) groups excluding carboxylic acids is 2. The largest absolute Gasteiger partial charge is 0.322 e. The van der Waals surface area contributed by atoms with Crippen molar-refractivity contribution in [3.8, 4) is 0 Å². The number of hydrogen-bond acceptors (Lipinski definition) is 3. The highest BCUT2D eigenvalue weighted by molar-refractivity contribution is 8.00. The van der Waals surface area contributed by atoms with Crippen LogP contribution in [0.15, 0.2) is 59.5 Å². The van der Waals surface area contributed by atoms with Gasteiger partial charge in [-0.15, -0.1) is 11.8 Å². The Morgan fingerprint density at radius 1 is 0.774 bits per heavy atom. The number of benzene rings is 3. The molecule has 31 heavy (non-hydrogen) atoms. The molecule has 0 saturated carbocycles. The van der Waals surface area contributed by atoms with Gasteiger partial charge in [-0.05, 0) is 30.3 Å². The van der Waals surface area contributed by atoms with Crippen molar-refractivity contribution in [2.75, 3.05) is 16.4 Å². The smallest absolute Gasteiger partial charge is 0.258 e. The highest BCUT2D eigenvalue weighted by Crippen LogP contribution is 2.26. The van der Waals surface area contributed by atoms with Crippen molar-refractivity contribution >= 4 is 35.0 Å². The fourth-order valence-corrected chi connectivity index (χ4v) is 3.27. The molecule has 2 N–H and O–H groups in total. The van der Waals surface area contributed by atoms with E-state index < -0.39 is 46.6 Å². The maximum Gasteiger partial charge on any atom is 0.258 e. The molecule has 2 amide bonds. The summed E-state index contributed by atoms with van der Waals surface area (Å²) in [7, 11) is 0.